The van der Waals surface area contributed by atoms with Crippen LogP contribution >= 0.6 is 0 Å². The minimum absolute atomic E-state index is 0.222. The monoisotopic (exact) mass is 184 g/mol. The van der Waals surface area contributed by atoms with Crippen molar-refractivity contribution in [3.05, 3.63) is 0 Å². The largest absolute Gasteiger partial charge is 0.373 e. The lowest BCUT2D eigenvalue weighted by atomic mass is 9.88. The lowest BCUT2D eigenvalue weighted by Gasteiger charge is -2.36. The molecule has 2 heterocycles. The van der Waals surface area contributed by atoms with Gasteiger partial charge in [-0.25, -0.2) is 0 Å². The second-order valence-corrected chi connectivity index (χ2v) is 4.49. The Hall–Kier alpha value is -0.120. The first-order valence-electron chi connectivity index (χ1n) is 5.24. The van der Waals surface area contributed by atoms with Crippen molar-refractivity contribution in [3.8, 4) is 0 Å². The number of likely N-dealkylation sites (tertiary alicyclic amines) is 1. The topological polar surface area (TPSA) is 24.5 Å². The Balaban J connectivity index is 1.92. The molecule has 76 valence electrons. The molecule has 3 heteroatoms. The molecule has 0 aliphatic carbocycles. The van der Waals surface area contributed by atoms with Crippen LogP contribution in [0.25, 0.3) is 0 Å². The zero-order chi connectivity index (χ0) is 9.31. The minimum atomic E-state index is 0.222. The summed E-state index contributed by atoms with van der Waals surface area (Å²) in [5.74, 6) is 0. The molecule has 0 aromatic carbocycles. The van der Waals surface area contributed by atoms with Crippen molar-refractivity contribution >= 4 is 0 Å². The normalized spacial score (nSPS) is 34.2. The first-order chi connectivity index (χ1) is 6.24. The van der Waals surface area contributed by atoms with Crippen LogP contribution in [0, 0.1) is 0 Å². The van der Waals surface area contributed by atoms with Gasteiger partial charge in [0.15, 0.2) is 0 Å². The van der Waals surface area contributed by atoms with Gasteiger partial charge in [0.25, 0.3) is 0 Å². The van der Waals surface area contributed by atoms with Crippen molar-refractivity contribution in [3.63, 3.8) is 0 Å². The van der Waals surface area contributed by atoms with Crippen molar-refractivity contribution in [2.75, 3.05) is 33.8 Å². The third-order valence-electron chi connectivity index (χ3n) is 3.52. The van der Waals surface area contributed by atoms with Gasteiger partial charge in [0.2, 0.25) is 0 Å². The predicted molar refractivity (Wildman–Crippen MR) is 52.9 cm³/mol. The van der Waals surface area contributed by atoms with E-state index in [1.165, 1.54) is 32.4 Å². The Labute approximate surface area is 80.4 Å². The molecule has 2 rings (SSSR count). The van der Waals surface area contributed by atoms with Crippen molar-refractivity contribution < 1.29 is 4.74 Å². The summed E-state index contributed by atoms with van der Waals surface area (Å²) < 4.78 is 5.94. The fraction of sp³-hybridized carbons (Fsp3) is 1.00. The summed E-state index contributed by atoms with van der Waals surface area (Å²) in [5.41, 5.74) is 0.222. The van der Waals surface area contributed by atoms with Crippen molar-refractivity contribution in [2.45, 2.75) is 30.9 Å². The molecular formula is C10H20N2O. The van der Waals surface area contributed by atoms with E-state index in [0.717, 1.165) is 6.61 Å². The summed E-state index contributed by atoms with van der Waals surface area (Å²) in [5, 5.41) is 3.31. The predicted octanol–water partition coefficient (Wildman–Crippen LogP) is 0.459. The van der Waals surface area contributed by atoms with Crippen LogP contribution in [0.15, 0.2) is 0 Å². The summed E-state index contributed by atoms with van der Waals surface area (Å²) >= 11 is 0. The van der Waals surface area contributed by atoms with E-state index in [-0.39, 0.29) is 5.60 Å². The highest BCUT2D eigenvalue weighted by atomic mass is 16.5. The molecule has 1 spiro atoms. The van der Waals surface area contributed by atoms with Gasteiger partial charge in [-0.15, -0.1) is 0 Å². The summed E-state index contributed by atoms with van der Waals surface area (Å²) in [7, 11) is 4.22. The van der Waals surface area contributed by atoms with Gasteiger partial charge in [-0.2, -0.15) is 0 Å². The number of nitrogens with zero attached hydrogens (tertiary/aromatic N) is 1. The number of nitrogens with one attached hydrogen (secondary N) is 1. The lowest BCUT2D eigenvalue weighted by Crippen LogP contribution is -2.43. The van der Waals surface area contributed by atoms with E-state index >= 15 is 0 Å². The fourth-order valence-corrected chi connectivity index (χ4v) is 2.40. The molecule has 1 atom stereocenters. The van der Waals surface area contributed by atoms with E-state index in [4.69, 9.17) is 4.74 Å². The van der Waals surface area contributed by atoms with Gasteiger partial charge in [-0.3, -0.25) is 0 Å². The molecular weight excluding hydrogens is 164 g/mol. The van der Waals surface area contributed by atoms with Gasteiger partial charge in [0, 0.05) is 19.1 Å². The quantitative estimate of drug-likeness (QED) is 0.641. The Bertz CT molecular complexity index is 176. The highest BCUT2D eigenvalue weighted by Gasteiger charge is 2.41. The standard InChI is InChI=1S/C10H20N2O/c1-11-9-7-10(13-8-9)3-5-12(2)6-4-10/h9,11H,3-8H2,1-2H3. The molecule has 0 amide bonds. The maximum Gasteiger partial charge on any atom is 0.0723 e. The van der Waals surface area contributed by atoms with Crippen LogP contribution in [0.5, 0.6) is 0 Å². The van der Waals surface area contributed by atoms with E-state index < -0.39 is 0 Å². The lowest BCUT2D eigenvalue weighted by molar-refractivity contribution is -0.0392. The van der Waals surface area contributed by atoms with Gasteiger partial charge in [-0.05, 0) is 33.4 Å². The molecule has 2 saturated heterocycles. The molecule has 0 saturated carbocycles. The second kappa shape index (κ2) is 3.56. The summed E-state index contributed by atoms with van der Waals surface area (Å²) in [4.78, 5) is 2.39. The van der Waals surface area contributed by atoms with Crippen molar-refractivity contribution in [2.24, 2.45) is 0 Å². The summed E-state index contributed by atoms with van der Waals surface area (Å²) in [6, 6.07) is 0.586. The Kier molecular flexibility index (Phi) is 2.58. The van der Waals surface area contributed by atoms with E-state index in [1.807, 2.05) is 7.05 Å². The van der Waals surface area contributed by atoms with Crippen molar-refractivity contribution in [1.82, 2.24) is 10.2 Å². The van der Waals surface area contributed by atoms with Gasteiger partial charge < -0.3 is 15.0 Å². The van der Waals surface area contributed by atoms with E-state index in [0.29, 0.717) is 6.04 Å². The Morgan fingerprint density at radius 3 is 2.62 bits per heavy atom. The number of likely N-dealkylation sites (N-methyl/N-ethyl adjacent to an activating group) is 1. The van der Waals surface area contributed by atoms with E-state index in [2.05, 4.69) is 17.3 Å². The van der Waals surface area contributed by atoms with Crippen LogP contribution in [-0.2, 0) is 4.74 Å². The first-order valence-corrected chi connectivity index (χ1v) is 5.24. The van der Waals surface area contributed by atoms with Gasteiger partial charge >= 0.3 is 0 Å². The van der Waals surface area contributed by atoms with Crippen LogP contribution in [0.1, 0.15) is 19.3 Å². The fourth-order valence-electron chi connectivity index (χ4n) is 2.40. The van der Waals surface area contributed by atoms with Crippen LogP contribution in [0.4, 0.5) is 0 Å². The molecule has 1 unspecified atom stereocenters. The highest BCUT2D eigenvalue weighted by Crippen LogP contribution is 2.35. The van der Waals surface area contributed by atoms with Crippen molar-refractivity contribution in [1.29, 1.82) is 0 Å². The highest BCUT2D eigenvalue weighted by molar-refractivity contribution is 4.95. The zero-order valence-corrected chi connectivity index (χ0v) is 8.68. The third-order valence-corrected chi connectivity index (χ3v) is 3.52. The summed E-state index contributed by atoms with van der Waals surface area (Å²) in [6.07, 6.45) is 3.63. The minimum Gasteiger partial charge on any atom is -0.373 e. The van der Waals surface area contributed by atoms with Crippen LogP contribution in [0.2, 0.25) is 0 Å². The molecule has 0 aromatic rings. The van der Waals surface area contributed by atoms with E-state index in [1.54, 1.807) is 0 Å². The maximum atomic E-state index is 5.94. The maximum absolute atomic E-state index is 5.94. The Morgan fingerprint density at radius 2 is 2.08 bits per heavy atom. The average Bonchev–Trinajstić information content (AvgIpc) is 2.55. The molecule has 13 heavy (non-hydrogen) atoms. The molecule has 0 aromatic heterocycles. The van der Waals surface area contributed by atoms with Crippen LogP contribution < -0.4 is 5.32 Å². The zero-order valence-electron chi connectivity index (χ0n) is 8.68. The number of rotatable bonds is 1. The summed E-state index contributed by atoms with van der Waals surface area (Å²) in [6.45, 7) is 3.28. The molecule has 2 fully saturated rings. The molecule has 3 nitrogen and oxygen atoms in total. The Morgan fingerprint density at radius 1 is 1.38 bits per heavy atom. The molecule has 1 N–H and O–H groups in total. The number of hydrogen-bond donors (Lipinski definition) is 1. The van der Waals surface area contributed by atoms with Crippen LogP contribution in [0.3, 0.4) is 0 Å². The van der Waals surface area contributed by atoms with Gasteiger partial charge in [0.05, 0.1) is 12.2 Å². The average molecular weight is 184 g/mol. The molecule has 0 radical (unpaired) electrons. The number of piperidine rings is 1. The van der Waals surface area contributed by atoms with E-state index in [9.17, 15) is 0 Å². The third kappa shape index (κ3) is 1.87. The van der Waals surface area contributed by atoms with Gasteiger partial charge in [-0.1, -0.05) is 0 Å². The SMILES string of the molecule is CNC1COC2(CCN(C)CC2)C1. The first kappa shape index (κ1) is 9.44. The number of hydrogen-bond acceptors (Lipinski definition) is 3. The van der Waals surface area contributed by atoms with Crippen LogP contribution in [-0.4, -0.2) is 50.3 Å². The molecule has 2 aliphatic rings. The smallest absolute Gasteiger partial charge is 0.0723 e. The second-order valence-electron chi connectivity index (χ2n) is 4.49. The number of ether oxygens (including phenoxy) is 1. The molecule has 2 aliphatic heterocycles. The van der Waals surface area contributed by atoms with Gasteiger partial charge in [0.1, 0.15) is 0 Å². The molecule has 0 bridgehead atoms.